The van der Waals surface area contributed by atoms with Crippen molar-refractivity contribution in [1.29, 1.82) is 0 Å². The van der Waals surface area contributed by atoms with Crippen LogP contribution in [0.5, 0.6) is 0 Å². The number of furan rings is 1. The number of nitrogens with one attached hydrogen (secondary N) is 2. The smallest absolute Gasteiger partial charge is 0.229 e. The largest absolute Gasteiger partial charge is 0.472 e. The molecule has 37 heavy (non-hydrogen) atoms. The second-order valence-electron chi connectivity index (χ2n) is 10.4. The van der Waals surface area contributed by atoms with E-state index in [-0.39, 0.29) is 0 Å². The van der Waals surface area contributed by atoms with Crippen molar-refractivity contribution in [3.05, 3.63) is 71.8 Å². The van der Waals surface area contributed by atoms with E-state index in [1.54, 1.807) is 43.7 Å². The quantitative estimate of drug-likeness (QED) is 0.315. The summed E-state index contributed by atoms with van der Waals surface area (Å²) in [6.45, 7) is 5.53. The normalized spacial score (nSPS) is 17.3. The summed E-state index contributed by atoms with van der Waals surface area (Å²) in [5.74, 6) is 2.29. The number of likely N-dealkylation sites (N-methyl/N-ethyl adjacent to an activating group) is 1. The Bertz CT molecular complexity index is 1500. The minimum atomic E-state index is -2.50. The first-order valence-corrected chi connectivity index (χ1v) is 15.2. The van der Waals surface area contributed by atoms with Gasteiger partial charge in [0, 0.05) is 36.1 Å². The fraction of sp³-hybridized carbons (Fsp3) is 0.321. The first-order chi connectivity index (χ1) is 17.8. The van der Waals surface area contributed by atoms with Crippen molar-refractivity contribution in [2.45, 2.75) is 31.7 Å². The Morgan fingerprint density at radius 2 is 1.97 bits per heavy atom. The molecule has 3 aromatic heterocycles. The molecule has 2 N–H and O–H groups in total. The molecule has 8 nitrogen and oxygen atoms in total. The van der Waals surface area contributed by atoms with Crippen molar-refractivity contribution in [2.24, 2.45) is 0 Å². The number of benzene rings is 1. The average Bonchev–Trinajstić information content (AvgIpc) is 3.38. The van der Waals surface area contributed by atoms with Crippen molar-refractivity contribution in [3.8, 4) is 11.1 Å². The molecule has 1 aromatic carbocycles. The standard InChI is InChI=1S/C28H31N6O2P/c1-34-15-19-7-4-6-18-12-22(13-21(16-34)26(18)19)30-28-29-14-23(20-10-11-36-17-20)27(33-28)32-24-8-5-9-25(31-24)37(2,3)35/h5,8-14,17,19H,4,6-7,15-16H2,1-3H3,(H2,29,30,31,32,33). The van der Waals surface area contributed by atoms with E-state index >= 15 is 0 Å². The van der Waals surface area contributed by atoms with Gasteiger partial charge >= 0.3 is 0 Å². The molecular formula is C28H31N6O2P. The number of rotatable bonds is 6. The second-order valence-corrected chi connectivity index (χ2v) is 13.6. The highest BCUT2D eigenvalue weighted by molar-refractivity contribution is 7.69. The van der Waals surface area contributed by atoms with E-state index in [9.17, 15) is 4.57 Å². The van der Waals surface area contributed by atoms with Crippen LogP contribution in [-0.4, -0.2) is 46.8 Å². The first kappa shape index (κ1) is 23.9. The first-order valence-electron chi connectivity index (χ1n) is 12.6. The van der Waals surface area contributed by atoms with Crippen molar-refractivity contribution < 1.29 is 8.98 Å². The molecule has 1 aliphatic heterocycles. The van der Waals surface area contributed by atoms with Gasteiger partial charge in [-0.15, -0.1) is 0 Å². The Morgan fingerprint density at radius 3 is 2.78 bits per heavy atom. The van der Waals surface area contributed by atoms with Gasteiger partial charge in [-0.05, 0) is 92.6 Å². The van der Waals surface area contributed by atoms with Crippen LogP contribution in [-0.2, 0) is 17.5 Å². The lowest BCUT2D eigenvalue weighted by atomic mass is 9.77. The summed E-state index contributed by atoms with van der Waals surface area (Å²) < 4.78 is 17.9. The molecule has 0 spiro atoms. The van der Waals surface area contributed by atoms with E-state index in [0.717, 1.165) is 36.3 Å². The monoisotopic (exact) mass is 514 g/mol. The molecule has 2 aliphatic rings. The van der Waals surface area contributed by atoms with Gasteiger partial charge in [-0.25, -0.2) is 9.97 Å². The van der Waals surface area contributed by atoms with Crippen LogP contribution < -0.4 is 16.1 Å². The van der Waals surface area contributed by atoms with Crippen molar-refractivity contribution in [1.82, 2.24) is 19.9 Å². The van der Waals surface area contributed by atoms with E-state index < -0.39 is 7.14 Å². The summed E-state index contributed by atoms with van der Waals surface area (Å²) in [6, 6.07) is 11.9. The fourth-order valence-corrected chi connectivity index (χ4v) is 6.31. The van der Waals surface area contributed by atoms with Gasteiger partial charge in [-0.2, -0.15) is 4.98 Å². The molecule has 0 bridgehead atoms. The van der Waals surface area contributed by atoms with Crippen molar-refractivity contribution in [2.75, 3.05) is 37.6 Å². The predicted octanol–water partition coefficient (Wildman–Crippen LogP) is 5.73. The molecule has 0 amide bonds. The predicted molar refractivity (Wildman–Crippen MR) is 148 cm³/mol. The van der Waals surface area contributed by atoms with Gasteiger partial charge in [0.05, 0.1) is 12.5 Å². The topological polar surface area (TPSA) is 96.2 Å². The third-order valence-electron chi connectivity index (χ3n) is 7.14. The fourth-order valence-electron chi connectivity index (χ4n) is 5.52. The van der Waals surface area contributed by atoms with Crippen LogP contribution in [0, 0.1) is 0 Å². The van der Waals surface area contributed by atoms with E-state index in [1.165, 1.54) is 24.0 Å². The molecule has 190 valence electrons. The summed E-state index contributed by atoms with van der Waals surface area (Å²) in [4.78, 5) is 16.4. The Balaban J connectivity index is 1.35. The van der Waals surface area contributed by atoms with Crippen LogP contribution in [0.1, 0.15) is 35.4 Å². The zero-order valence-corrected chi connectivity index (χ0v) is 22.3. The third-order valence-corrected chi connectivity index (χ3v) is 8.49. The molecule has 9 heteroatoms. The Kier molecular flexibility index (Phi) is 6.09. The Labute approximate surface area is 216 Å². The van der Waals surface area contributed by atoms with Crippen LogP contribution in [0.15, 0.2) is 59.5 Å². The maximum atomic E-state index is 12.6. The van der Waals surface area contributed by atoms with E-state index in [2.05, 4.69) is 44.7 Å². The summed E-state index contributed by atoms with van der Waals surface area (Å²) in [7, 11) is -0.301. The molecule has 1 aliphatic carbocycles. The molecule has 0 saturated heterocycles. The minimum Gasteiger partial charge on any atom is -0.472 e. The van der Waals surface area contributed by atoms with Gasteiger partial charge in [-0.1, -0.05) is 6.07 Å². The third kappa shape index (κ3) is 4.91. The van der Waals surface area contributed by atoms with Crippen LogP contribution >= 0.6 is 7.14 Å². The highest BCUT2D eigenvalue weighted by Gasteiger charge is 2.29. The number of aromatic nitrogens is 3. The van der Waals surface area contributed by atoms with Crippen molar-refractivity contribution in [3.63, 3.8) is 0 Å². The lowest BCUT2D eigenvalue weighted by Crippen LogP contribution is -2.33. The molecule has 0 radical (unpaired) electrons. The van der Waals surface area contributed by atoms with Gasteiger partial charge in [0.15, 0.2) is 0 Å². The molecule has 0 fully saturated rings. The SMILES string of the molecule is CN1Cc2cc(Nc3ncc(-c4ccoc4)c(Nc4cccc(P(C)(C)=O)n4)n3)cc3c2C(CCC3)C1. The Morgan fingerprint density at radius 1 is 1.11 bits per heavy atom. The van der Waals surface area contributed by atoms with Gasteiger partial charge in [0.25, 0.3) is 0 Å². The lowest BCUT2D eigenvalue weighted by molar-refractivity contribution is 0.266. The van der Waals surface area contributed by atoms with Gasteiger partial charge in [-0.3, -0.25) is 0 Å². The van der Waals surface area contributed by atoms with Gasteiger partial charge in [0.1, 0.15) is 24.2 Å². The zero-order valence-electron chi connectivity index (χ0n) is 21.4. The number of anilines is 4. The average molecular weight is 515 g/mol. The number of pyridine rings is 1. The maximum absolute atomic E-state index is 12.6. The second kappa shape index (κ2) is 9.43. The van der Waals surface area contributed by atoms with E-state index in [4.69, 9.17) is 9.40 Å². The van der Waals surface area contributed by atoms with Crippen LogP contribution in [0.3, 0.4) is 0 Å². The summed E-state index contributed by atoms with van der Waals surface area (Å²) in [6.07, 6.45) is 8.68. The van der Waals surface area contributed by atoms with Crippen LogP contribution in [0.4, 0.5) is 23.3 Å². The molecule has 0 saturated carbocycles. The number of nitrogens with zero attached hydrogens (tertiary/aromatic N) is 4. The van der Waals surface area contributed by atoms with Crippen LogP contribution in [0.25, 0.3) is 11.1 Å². The Hall–Kier alpha value is -3.48. The number of aryl methyl sites for hydroxylation is 1. The summed E-state index contributed by atoms with van der Waals surface area (Å²) >= 11 is 0. The van der Waals surface area contributed by atoms with E-state index in [0.29, 0.717) is 28.9 Å². The summed E-state index contributed by atoms with van der Waals surface area (Å²) in [5, 5.41) is 6.77. The van der Waals surface area contributed by atoms with Crippen LogP contribution in [0.2, 0.25) is 0 Å². The number of hydrogen-bond acceptors (Lipinski definition) is 8. The molecule has 4 heterocycles. The van der Waals surface area contributed by atoms with Crippen molar-refractivity contribution >= 4 is 35.8 Å². The molecule has 4 aromatic rings. The van der Waals surface area contributed by atoms with Gasteiger partial charge in [0.2, 0.25) is 5.95 Å². The minimum absolute atomic E-state index is 0.492. The number of hydrogen-bond donors (Lipinski definition) is 2. The van der Waals surface area contributed by atoms with Gasteiger partial charge < -0.3 is 24.5 Å². The zero-order chi connectivity index (χ0) is 25.6. The summed E-state index contributed by atoms with van der Waals surface area (Å²) in [5.41, 5.74) is 7.62. The highest BCUT2D eigenvalue weighted by atomic mass is 31.2. The molecule has 6 rings (SSSR count). The maximum Gasteiger partial charge on any atom is 0.229 e. The molecular weight excluding hydrogens is 483 g/mol. The highest BCUT2D eigenvalue weighted by Crippen LogP contribution is 2.40. The molecule has 1 unspecified atom stereocenters. The lowest BCUT2D eigenvalue weighted by Gasteiger charge is -2.37. The molecule has 1 atom stereocenters. The van der Waals surface area contributed by atoms with E-state index in [1.807, 2.05) is 18.2 Å².